The highest BCUT2D eigenvalue weighted by Crippen LogP contribution is 2.55. The van der Waals surface area contributed by atoms with Gasteiger partial charge in [-0.1, -0.05) is 55.5 Å². The van der Waals surface area contributed by atoms with Crippen LogP contribution in [0.25, 0.3) is 0 Å². The fourth-order valence-electron chi connectivity index (χ4n) is 8.71. The number of carboxylic acid groups (broad SMARTS) is 1. The monoisotopic (exact) mass is 656 g/mol. The number of carbonyl (C=O) groups excluding carboxylic acids is 1. The molecule has 248 valence electrons. The maximum Gasteiger partial charge on any atom is 0.335 e. The van der Waals surface area contributed by atoms with Gasteiger partial charge in [0.15, 0.2) is 6.29 Å². The van der Waals surface area contributed by atoms with E-state index in [4.69, 9.17) is 9.47 Å². The lowest BCUT2D eigenvalue weighted by molar-refractivity contribution is -0.268. The summed E-state index contributed by atoms with van der Waals surface area (Å²) in [5.74, 6) is 2.11. The number of hydrogen-bond acceptors (Lipinski definition) is 6. The number of nitrogens with one attached hydrogen (secondary N) is 2. The number of carbonyl (C=O) groups is 2. The Labute approximate surface area is 280 Å². The first kappa shape index (κ1) is 32.2. The summed E-state index contributed by atoms with van der Waals surface area (Å²) in [6.07, 6.45) is 6.47. The molecule has 3 aromatic carbocycles. The molecule has 4 bridgehead atoms. The van der Waals surface area contributed by atoms with E-state index in [0.717, 1.165) is 64.2 Å². The van der Waals surface area contributed by atoms with Crippen LogP contribution in [0.4, 0.5) is 4.79 Å². The number of rotatable bonds is 10. The number of hydrogen-bond donors (Lipinski definition) is 4. The van der Waals surface area contributed by atoms with Crippen LogP contribution in [-0.2, 0) is 22.6 Å². The SMILES string of the molecule is C[C@H]1[C@@H](CSc2ccc(C(=O)O)cc2)O[C@@H](c2ccc(CNC(=O)NC34CC5CC(CC(C5)C3)C4)cc2)O[C@H]1c1ccc(CO)cc1. The molecule has 4 aliphatic carbocycles. The van der Waals surface area contributed by atoms with Crippen molar-refractivity contribution in [3.8, 4) is 0 Å². The molecule has 0 radical (unpaired) electrons. The molecular formula is C38H44N2O6S. The van der Waals surface area contributed by atoms with Gasteiger partial charge in [0, 0.05) is 34.2 Å². The minimum atomic E-state index is -0.941. The molecule has 0 spiro atoms. The van der Waals surface area contributed by atoms with Gasteiger partial charge in [0.05, 0.1) is 24.4 Å². The molecule has 2 amide bonds. The zero-order chi connectivity index (χ0) is 32.5. The molecule has 8 rings (SSSR count). The van der Waals surface area contributed by atoms with Gasteiger partial charge < -0.3 is 30.3 Å². The van der Waals surface area contributed by atoms with Crippen LogP contribution < -0.4 is 10.6 Å². The van der Waals surface area contributed by atoms with Crippen molar-refractivity contribution in [1.82, 2.24) is 10.6 Å². The Kier molecular flexibility index (Phi) is 9.33. The summed E-state index contributed by atoms with van der Waals surface area (Å²) < 4.78 is 13.2. The van der Waals surface area contributed by atoms with Gasteiger partial charge in [-0.2, -0.15) is 0 Å². The number of carboxylic acids is 1. The lowest BCUT2D eigenvalue weighted by Gasteiger charge is -2.56. The van der Waals surface area contributed by atoms with Gasteiger partial charge in [-0.3, -0.25) is 0 Å². The summed E-state index contributed by atoms with van der Waals surface area (Å²) in [5.41, 5.74) is 4.02. The van der Waals surface area contributed by atoms with Crippen molar-refractivity contribution in [3.05, 3.63) is 101 Å². The lowest BCUT2D eigenvalue weighted by Crippen LogP contribution is -2.61. The van der Waals surface area contributed by atoms with Gasteiger partial charge in [0.2, 0.25) is 0 Å². The van der Waals surface area contributed by atoms with E-state index in [-0.39, 0.29) is 41.9 Å². The third-order valence-corrected chi connectivity index (χ3v) is 11.9. The van der Waals surface area contributed by atoms with Crippen molar-refractivity contribution in [3.63, 3.8) is 0 Å². The molecule has 0 aromatic heterocycles. The van der Waals surface area contributed by atoms with Crippen molar-refractivity contribution >= 4 is 23.8 Å². The Bertz CT molecular complexity index is 1530. The van der Waals surface area contributed by atoms with Crippen LogP contribution >= 0.6 is 11.8 Å². The van der Waals surface area contributed by atoms with Crippen LogP contribution in [0.15, 0.2) is 77.7 Å². The number of aliphatic hydroxyl groups excluding tert-OH is 1. The molecule has 47 heavy (non-hydrogen) atoms. The first-order valence-electron chi connectivity index (χ1n) is 16.9. The molecule has 0 unspecified atom stereocenters. The fourth-order valence-corrected chi connectivity index (χ4v) is 9.77. The minimum Gasteiger partial charge on any atom is -0.478 e. The molecule has 3 aromatic rings. The molecule has 4 N–H and O–H groups in total. The summed E-state index contributed by atoms with van der Waals surface area (Å²) >= 11 is 1.63. The summed E-state index contributed by atoms with van der Waals surface area (Å²) in [4.78, 5) is 25.2. The van der Waals surface area contributed by atoms with Crippen LogP contribution in [0.5, 0.6) is 0 Å². The summed E-state index contributed by atoms with van der Waals surface area (Å²) in [6.45, 7) is 2.56. The van der Waals surface area contributed by atoms with E-state index in [0.29, 0.717) is 12.3 Å². The van der Waals surface area contributed by atoms with Crippen LogP contribution in [0.1, 0.15) is 90.5 Å². The van der Waals surface area contributed by atoms with E-state index in [2.05, 4.69) is 17.6 Å². The van der Waals surface area contributed by atoms with Gasteiger partial charge in [-0.05, 0) is 97.2 Å². The zero-order valence-electron chi connectivity index (χ0n) is 26.8. The van der Waals surface area contributed by atoms with E-state index < -0.39 is 12.3 Å². The van der Waals surface area contributed by atoms with Gasteiger partial charge in [-0.15, -0.1) is 11.8 Å². The first-order chi connectivity index (χ1) is 22.8. The van der Waals surface area contributed by atoms with E-state index >= 15 is 0 Å². The highest BCUT2D eigenvalue weighted by Gasteiger charge is 2.51. The second kappa shape index (κ2) is 13.6. The minimum absolute atomic E-state index is 0.0127. The molecule has 1 saturated heterocycles. The molecule has 1 aliphatic heterocycles. The summed E-state index contributed by atoms with van der Waals surface area (Å²) in [7, 11) is 0. The van der Waals surface area contributed by atoms with Gasteiger partial charge in [0.25, 0.3) is 0 Å². The standard InChI is InChI=1S/C38H44N2O6S/c1-23-33(22-47-32-12-10-30(11-13-32)35(42)43)45-36(46-34(23)29-6-4-25(21-41)5-7-29)31-8-2-24(3-9-31)20-39-37(44)40-38-17-26-14-27(18-38)16-28(15-26)19-38/h2-13,23,26-28,33-34,36,41H,14-22H2,1H3,(H,42,43)(H2,39,40,44)/t23-,26?,27?,28?,33+,34+,36+,38?/m0/s1. The average molecular weight is 657 g/mol. The topological polar surface area (TPSA) is 117 Å². The second-order valence-corrected chi connectivity index (χ2v) is 15.3. The first-order valence-corrected chi connectivity index (χ1v) is 17.9. The second-order valence-electron chi connectivity index (χ2n) is 14.2. The van der Waals surface area contributed by atoms with Crippen molar-refractivity contribution < 1.29 is 29.3 Å². The van der Waals surface area contributed by atoms with Crippen molar-refractivity contribution in [2.75, 3.05) is 5.75 Å². The molecule has 4 saturated carbocycles. The number of amides is 2. The largest absolute Gasteiger partial charge is 0.478 e. The Morgan fingerprint density at radius 1 is 0.830 bits per heavy atom. The quantitative estimate of drug-likeness (QED) is 0.170. The van der Waals surface area contributed by atoms with Gasteiger partial charge >= 0.3 is 12.0 Å². The molecule has 8 nitrogen and oxygen atoms in total. The van der Waals surface area contributed by atoms with Crippen LogP contribution in [0, 0.1) is 23.7 Å². The molecule has 4 atom stereocenters. The number of thioether (sulfide) groups is 1. The maximum atomic E-state index is 13.0. The van der Waals surface area contributed by atoms with Crippen molar-refractivity contribution in [2.24, 2.45) is 23.7 Å². The van der Waals surface area contributed by atoms with Crippen LogP contribution in [-0.4, -0.2) is 39.6 Å². The predicted octanol–water partition coefficient (Wildman–Crippen LogP) is 7.23. The Balaban J connectivity index is 1.00. The molecular weight excluding hydrogens is 612 g/mol. The van der Waals surface area contributed by atoms with Gasteiger partial charge in [0.1, 0.15) is 0 Å². The fraction of sp³-hybridized carbons (Fsp3) is 0.474. The smallest absolute Gasteiger partial charge is 0.335 e. The molecule has 9 heteroatoms. The Morgan fingerprint density at radius 2 is 1.43 bits per heavy atom. The van der Waals surface area contributed by atoms with E-state index in [1.165, 1.54) is 19.3 Å². The average Bonchev–Trinajstić information content (AvgIpc) is 3.06. The lowest BCUT2D eigenvalue weighted by atomic mass is 9.53. The van der Waals surface area contributed by atoms with Crippen molar-refractivity contribution in [2.45, 2.75) is 87.5 Å². The van der Waals surface area contributed by atoms with Crippen LogP contribution in [0.2, 0.25) is 0 Å². The van der Waals surface area contributed by atoms with Crippen LogP contribution in [0.3, 0.4) is 0 Å². The zero-order valence-corrected chi connectivity index (χ0v) is 27.6. The number of benzene rings is 3. The van der Waals surface area contributed by atoms with E-state index in [1.807, 2.05) is 60.7 Å². The number of aliphatic hydroxyl groups is 1. The molecule has 5 aliphatic rings. The third kappa shape index (κ3) is 7.23. The highest BCUT2D eigenvalue weighted by atomic mass is 32.2. The number of aromatic carboxylic acids is 1. The highest BCUT2D eigenvalue weighted by molar-refractivity contribution is 7.99. The summed E-state index contributed by atoms with van der Waals surface area (Å²) in [5, 5.41) is 25.3. The van der Waals surface area contributed by atoms with Crippen molar-refractivity contribution in [1.29, 1.82) is 0 Å². The summed E-state index contributed by atoms with van der Waals surface area (Å²) in [6, 6.07) is 22.7. The predicted molar refractivity (Wildman–Crippen MR) is 180 cm³/mol. The molecule has 1 heterocycles. The van der Waals surface area contributed by atoms with E-state index in [1.54, 1.807) is 23.9 Å². The molecule has 5 fully saturated rings. The Morgan fingerprint density at radius 3 is 2.02 bits per heavy atom. The van der Waals surface area contributed by atoms with Gasteiger partial charge in [-0.25, -0.2) is 9.59 Å². The normalized spacial score (nSPS) is 31.0. The Hall–Kier alpha value is -3.37. The number of ether oxygens (including phenoxy) is 2. The number of urea groups is 1. The van der Waals surface area contributed by atoms with E-state index in [9.17, 15) is 19.8 Å². The third-order valence-electron chi connectivity index (χ3n) is 10.8. The maximum absolute atomic E-state index is 13.0.